The van der Waals surface area contributed by atoms with Crippen LogP contribution in [0.1, 0.15) is 44.9 Å². The van der Waals surface area contributed by atoms with Crippen molar-refractivity contribution in [3.8, 4) is 5.75 Å². The van der Waals surface area contributed by atoms with Crippen LogP contribution in [0.25, 0.3) is 0 Å². The average molecular weight is 390 g/mol. The van der Waals surface area contributed by atoms with Gasteiger partial charge in [-0.05, 0) is 43.9 Å². The van der Waals surface area contributed by atoms with E-state index in [-0.39, 0.29) is 11.8 Å². The Labute approximate surface area is 163 Å². The van der Waals surface area contributed by atoms with E-state index in [1.807, 2.05) is 0 Å². The lowest BCUT2D eigenvalue weighted by molar-refractivity contribution is -0.150. The minimum absolute atomic E-state index is 0.00320. The van der Waals surface area contributed by atoms with Crippen LogP contribution in [0, 0.1) is 5.92 Å². The molecule has 2 amide bonds. The Morgan fingerprint density at radius 3 is 2.36 bits per heavy atom. The summed E-state index contributed by atoms with van der Waals surface area (Å²) < 4.78 is 10.6. The third kappa shape index (κ3) is 4.81. The molecular formula is C20H26N2O6. The van der Waals surface area contributed by atoms with Gasteiger partial charge < -0.3 is 25.2 Å². The summed E-state index contributed by atoms with van der Waals surface area (Å²) >= 11 is 0. The summed E-state index contributed by atoms with van der Waals surface area (Å²) in [7, 11) is 1.52. The van der Waals surface area contributed by atoms with Crippen LogP contribution in [0.3, 0.4) is 0 Å². The van der Waals surface area contributed by atoms with Crippen molar-refractivity contribution in [3.63, 3.8) is 0 Å². The number of nitrogens with one attached hydrogen (secondary N) is 2. The van der Waals surface area contributed by atoms with Crippen LogP contribution in [-0.2, 0) is 19.1 Å². The molecule has 8 heteroatoms. The van der Waals surface area contributed by atoms with Crippen LogP contribution in [0.4, 0.5) is 11.4 Å². The number of methoxy groups -OCH3 is 1. The number of ether oxygens (including phenoxy) is 2. The first-order chi connectivity index (χ1) is 13.5. The van der Waals surface area contributed by atoms with Gasteiger partial charge in [0, 0.05) is 11.6 Å². The summed E-state index contributed by atoms with van der Waals surface area (Å²) in [6.45, 7) is 0. The van der Waals surface area contributed by atoms with E-state index in [2.05, 4.69) is 10.6 Å². The Morgan fingerprint density at radius 1 is 1.00 bits per heavy atom. The number of hydrogen-bond donors (Lipinski definition) is 3. The summed E-state index contributed by atoms with van der Waals surface area (Å²) in [6, 6.07) is 4.97. The Balaban J connectivity index is 1.65. The van der Waals surface area contributed by atoms with Crippen molar-refractivity contribution in [2.24, 2.45) is 5.92 Å². The molecule has 1 aliphatic heterocycles. The van der Waals surface area contributed by atoms with Crippen LogP contribution in [0.5, 0.6) is 5.75 Å². The molecular weight excluding hydrogens is 364 g/mol. The van der Waals surface area contributed by atoms with Crippen LogP contribution < -0.4 is 15.4 Å². The van der Waals surface area contributed by atoms with Gasteiger partial charge in [-0.15, -0.1) is 0 Å². The second-order valence-electron chi connectivity index (χ2n) is 7.26. The van der Waals surface area contributed by atoms with Crippen molar-refractivity contribution in [2.75, 3.05) is 17.7 Å². The van der Waals surface area contributed by atoms with Crippen molar-refractivity contribution in [2.45, 2.75) is 57.2 Å². The number of anilines is 2. The lowest BCUT2D eigenvalue weighted by atomic mass is 9.88. The van der Waals surface area contributed by atoms with Crippen LogP contribution in [-0.4, -0.2) is 42.2 Å². The Morgan fingerprint density at radius 2 is 1.71 bits per heavy atom. The van der Waals surface area contributed by atoms with Crippen molar-refractivity contribution in [1.29, 1.82) is 0 Å². The number of carbonyl (C=O) groups excluding carboxylic acids is 2. The SMILES string of the molecule is COc1ccc(NC(=O)[C@@H]2CC[C@H](C(=O)O)O2)cc1NC(=O)C1CCCCC1. The van der Waals surface area contributed by atoms with E-state index in [0.717, 1.165) is 25.7 Å². The van der Waals surface area contributed by atoms with Gasteiger partial charge in [-0.3, -0.25) is 9.59 Å². The second kappa shape index (κ2) is 9.05. The van der Waals surface area contributed by atoms with E-state index in [4.69, 9.17) is 14.6 Å². The molecule has 0 radical (unpaired) electrons. The van der Waals surface area contributed by atoms with E-state index < -0.39 is 24.1 Å². The zero-order valence-electron chi connectivity index (χ0n) is 15.9. The van der Waals surface area contributed by atoms with Crippen LogP contribution in [0.2, 0.25) is 0 Å². The van der Waals surface area contributed by atoms with E-state index in [0.29, 0.717) is 30.0 Å². The van der Waals surface area contributed by atoms with Gasteiger partial charge in [0.2, 0.25) is 5.91 Å². The third-order valence-corrected chi connectivity index (χ3v) is 5.29. The average Bonchev–Trinajstić information content (AvgIpc) is 3.20. The highest BCUT2D eigenvalue weighted by molar-refractivity contribution is 5.98. The lowest BCUT2D eigenvalue weighted by Crippen LogP contribution is -2.30. The van der Waals surface area contributed by atoms with Gasteiger partial charge in [-0.25, -0.2) is 4.79 Å². The first kappa shape index (κ1) is 20.1. The Hall–Kier alpha value is -2.61. The van der Waals surface area contributed by atoms with Gasteiger partial charge in [-0.1, -0.05) is 19.3 Å². The molecule has 152 valence electrons. The molecule has 28 heavy (non-hydrogen) atoms. The predicted octanol–water partition coefficient (Wildman–Crippen LogP) is 2.78. The van der Waals surface area contributed by atoms with Gasteiger partial charge in [0.05, 0.1) is 12.8 Å². The highest BCUT2D eigenvalue weighted by Gasteiger charge is 2.34. The summed E-state index contributed by atoms with van der Waals surface area (Å²) in [5.74, 6) is -1.00. The maximum Gasteiger partial charge on any atom is 0.332 e. The Bertz CT molecular complexity index is 744. The van der Waals surface area contributed by atoms with Crippen molar-refractivity contribution >= 4 is 29.2 Å². The molecule has 0 spiro atoms. The molecule has 0 bridgehead atoms. The summed E-state index contributed by atoms with van der Waals surface area (Å²) in [5, 5.41) is 14.6. The first-order valence-corrected chi connectivity index (χ1v) is 9.66. The highest BCUT2D eigenvalue weighted by Crippen LogP contribution is 2.31. The van der Waals surface area contributed by atoms with Crippen molar-refractivity contribution in [1.82, 2.24) is 0 Å². The minimum Gasteiger partial charge on any atom is -0.495 e. The number of benzene rings is 1. The zero-order valence-corrected chi connectivity index (χ0v) is 15.9. The molecule has 0 unspecified atom stereocenters. The molecule has 2 fully saturated rings. The molecule has 8 nitrogen and oxygen atoms in total. The Kier molecular flexibility index (Phi) is 6.51. The molecule has 1 saturated heterocycles. The van der Waals surface area contributed by atoms with Crippen molar-refractivity contribution in [3.05, 3.63) is 18.2 Å². The minimum atomic E-state index is -1.06. The molecule has 1 aromatic rings. The summed E-state index contributed by atoms with van der Waals surface area (Å²) in [4.78, 5) is 35.9. The second-order valence-corrected chi connectivity index (χ2v) is 7.26. The van der Waals surface area contributed by atoms with Gasteiger partial charge >= 0.3 is 5.97 Å². The molecule has 3 rings (SSSR count). The number of carboxylic acid groups (broad SMARTS) is 1. The fourth-order valence-corrected chi connectivity index (χ4v) is 3.72. The van der Waals surface area contributed by atoms with E-state index in [9.17, 15) is 14.4 Å². The molecule has 1 aliphatic carbocycles. The van der Waals surface area contributed by atoms with Gasteiger partial charge in [0.15, 0.2) is 6.10 Å². The number of aliphatic carboxylic acids is 1. The number of rotatable bonds is 6. The largest absolute Gasteiger partial charge is 0.495 e. The fourth-order valence-electron chi connectivity index (χ4n) is 3.72. The standard InChI is InChI=1S/C20H26N2O6/c1-27-15-8-7-13(21-19(24)16-9-10-17(28-16)20(25)26)11-14(15)22-18(23)12-5-3-2-4-6-12/h7-8,11-12,16-17H,2-6,9-10H2,1H3,(H,21,24)(H,22,23)(H,25,26)/t16-,17+/m0/s1. The monoisotopic (exact) mass is 390 g/mol. The van der Waals surface area contributed by atoms with E-state index >= 15 is 0 Å². The lowest BCUT2D eigenvalue weighted by Gasteiger charge is -2.21. The zero-order chi connectivity index (χ0) is 20.1. The first-order valence-electron chi connectivity index (χ1n) is 9.66. The molecule has 1 saturated carbocycles. The molecule has 2 atom stereocenters. The normalized spacial score (nSPS) is 22.5. The highest BCUT2D eigenvalue weighted by atomic mass is 16.5. The van der Waals surface area contributed by atoms with E-state index in [1.54, 1.807) is 18.2 Å². The smallest absolute Gasteiger partial charge is 0.332 e. The maximum atomic E-state index is 12.5. The predicted molar refractivity (Wildman–Crippen MR) is 102 cm³/mol. The van der Waals surface area contributed by atoms with Crippen LogP contribution >= 0.6 is 0 Å². The number of carboxylic acids is 1. The number of amides is 2. The van der Waals surface area contributed by atoms with E-state index in [1.165, 1.54) is 13.5 Å². The van der Waals surface area contributed by atoms with Crippen molar-refractivity contribution < 1.29 is 29.0 Å². The molecule has 3 N–H and O–H groups in total. The molecule has 1 aromatic carbocycles. The maximum absolute atomic E-state index is 12.5. The van der Waals surface area contributed by atoms with Gasteiger partial charge in [-0.2, -0.15) is 0 Å². The molecule has 2 aliphatic rings. The van der Waals surface area contributed by atoms with Gasteiger partial charge in [0.25, 0.3) is 5.91 Å². The summed E-state index contributed by atoms with van der Waals surface area (Å²) in [5.41, 5.74) is 0.971. The van der Waals surface area contributed by atoms with Gasteiger partial charge in [0.1, 0.15) is 11.9 Å². The molecule has 1 heterocycles. The van der Waals surface area contributed by atoms with Crippen LogP contribution in [0.15, 0.2) is 18.2 Å². The summed E-state index contributed by atoms with van der Waals surface area (Å²) in [6.07, 6.45) is 3.96. The third-order valence-electron chi connectivity index (χ3n) is 5.29. The fraction of sp³-hybridized carbons (Fsp3) is 0.550. The number of carbonyl (C=O) groups is 3. The number of hydrogen-bond acceptors (Lipinski definition) is 5. The quantitative estimate of drug-likeness (QED) is 0.688. The topological polar surface area (TPSA) is 114 Å². The molecule has 0 aromatic heterocycles.